The number of nitrogens with two attached hydrogens (primary N) is 1. The largest absolute Gasteiger partial charge is 0.327 e. The molecule has 3 atom stereocenters. The molecule has 0 radical (unpaired) electrons. The second-order valence-electron chi connectivity index (χ2n) is 4.27. The van der Waals surface area contributed by atoms with Crippen LogP contribution in [0.2, 0.25) is 0 Å². The van der Waals surface area contributed by atoms with Crippen LogP contribution in [-0.2, 0) is 10.8 Å². The highest BCUT2D eigenvalue weighted by Gasteiger charge is 2.25. The van der Waals surface area contributed by atoms with Crippen molar-refractivity contribution in [1.29, 1.82) is 0 Å². The highest BCUT2D eigenvalue weighted by molar-refractivity contribution is 7.85. The molecule has 5 heteroatoms. The Labute approximate surface area is 109 Å². The monoisotopic (exact) mass is 275 g/mol. The summed E-state index contributed by atoms with van der Waals surface area (Å²) in [4.78, 5) is -0.0894. The number of rotatable bonds is 6. The average Bonchev–Trinajstić information content (AvgIpc) is 2.33. The summed E-state index contributed by atoms with van der Waals surface area (Å²) in [5.41, 5.74) is 5.96. The standard InChI is InChI=1S/C13H19F2NOS/c1-3-5-11(16)12(4-2)18(17)13-8-9(14)6-7-10(13)15/h6-8,11-12H,3-5,16H2,1-2H3. The van der Waals surface area contributed by atoms with Crippen LogP contribution in [-0.4, -0.2) is 15.5 Å². The Morgan fingerprint density at radius 2 is 2.00 bits per heavy atom. The van der Waals surface area contributed by atoms with Gasteiger partial charge in [-0.15, -0.1) is 0 Å². The fourth-order valence-electron chi connectivity index (χ4n) is 1.93. The van der Waals surface area contributed by atoms with E-state index in [-0.39, 0.29) is 16.2 Å². The number of benzene rings is 1. The van der Waals surface area contributed by atoms with Crippen molar-refractivity contribution in [1.82, 2.24) is 0 Å². The molecular formula is C13H19F2NOS. The minimum atomic E-state index is -1.61. The van der Waals surface area contributed by atoms with Crippen LogP contribution in [0.3, 0.4) is 0 Å². The van der Waals surface area contributed by atoms with Crippen molar-refractivity contribution in [2.24, 2.45) is 5.73 Å². The molecule has 1 aromatic rings. The van der Waals surface area contributed by atoms with Crippen LogP contribution in [0.4, 0.5) is 8.78 Å². The fourth-order valence-corrected chi connectivity index (χ4v) is 3.50. The van der Waals surface area contributed by atoms with Gasteiger partial charge in [-0.1, -0.05) is 20.3 Å². The molecule has 1 rings (SSSR count). The van der Waals surface area contributed by atoms with E-state index in [1.165, 1.54) is 0 Å². The Morgan fingerprint density at radius 3 is 2.56 bits per heavy atom. The molecule has 0 aliphatic heterocycles. The molecule has 0 saturated carbocycles. The van der Waals surface area contributed by atoms with Gasteiger partial charge in [0, 0.05) is 6.04 Å². The first kappa shape index (κ1) is 15.2. The van der Waals surface area contributed by atoms with Gasteiger partial charge in [0.2, 0.25) is 0 Å². The van der Waals surface area contributed by atoms with Crippen molar-refractivity contribution in [3.05, 3.63) is 29.8 Å². The first-order valence-electron chi connectivity index (χ1n) is 6.12. The molecular weight excluding hydrogens is 256 g/mol. The lowest BCUT2D eigenvalue weighted by molar-refractivity contribution is 0.540. The minimum Gasteiger partial charge on any atom is -0.327 e. The van der Waals surface area contributed by atoms with Crippen LogP contribution in [0.15, 0.2) is 23.1 Å². The van der Waals surface area contributed by atoms with Gasteiger partial charge in [0.05, 0.1) is 20.9 Å². The van der Waals surface area contributed by atoms with E-state index in [1.54, 1.807) is 0 Å². The third-order valence-electron chi connectivity index (χ3n) is 2.89. The lowest BCUT2D eigenvalue weighted by atomic mass is 10.1. The normalized spacial score (nSPS) is 16.3. The number of hydrogen-bond donors (Lipinski definition) is 1. The van der Waals surface area contributed by atoms with Gasteiger partial charge in [-0.3, -0.25) is 4.21 Å². The molecule has 2 N–H and O–H groups in total. The van der Waals surface area contributed by atoms with Crippen molar-refractivity contribution in [3.8, 4) is 0 Å². The molecule has 0 spiro atoms. The minimum absolute atomic E-state index is 0.0894. The van der Waals surface area contributed by atoms with Crippen LogP contribution >= 0.6 is 0 Å². The topological polar surface area (TPSA) is 43.1 Å². The summed E-state index contributed by atoms with van der Waals surface area (Å²) in [6.45, 7) is 3.84. The van der Waals surface area contributed by atoms with Gasteiger partial charge in [0.25, 0.3) is 0 Å². The second-order valence-corrected chi connectivity index (χ2v) is 5.91. The van der Waals surface area contributed by atoms with Gasteiger partial charge in [-0.05, 0) is 31.0 Å². The van der Waals surface area contributed by atoms with Crippen molar-refractivity contribution in [2.45, 2.75) is 49.3 Å². The fraction of sp³-hybridized carbons (Fsp3) is 0.538. The lowest BCUT2D eigenvalue weighted by Gasteiger charge is -2.21. The van der Waals surface area contributed by atoms with Crippen molar-refractivity contribution < 1.29 is 13.0 Å². The van der Waals surface area contributed by atoms with E-state index >= 15 is 0 Å². The summed E-state index contributed by atoms with van der Waals surface area (Å²) >= 11 is 0. The summed E-state index contributed by atoms with van der Waals surface area (Å²) in [5.74, 6) is -1.23. The van der Waals surface area contributed by atoms with Gasteiger partial charge in [-0.25, -0.2) is 8.78 Å². The Balaban J connectivity index is 2.99. The molecule has 0 fully saturated rings. The molecule has 0 heterocycles. The van der Waals surface area contributed by atoms with E-state index in [1.807, 2.05) is 13.8 Å². The van der Waals surface area contributed by atoms with E-state index in [4.69, 9.17) is 5.73 Å². The predicted octanol–water partition coefficient (Wildman–Crippen LogP) is 2.98. The van der Waals surface area contributed by atoms with Gasteiger partial charge in [-0.2, -0.15) is 0 Å². The zero-order valence-electron chi connectivity index (χ0n) is 10.7. The maximum Gasteiger partial charge on any atom is 0.139 e. The molecule has 102 valence electrons. The molecule has 0 aliphatic rings. The summed E-state index contributed by atoms with van der Waals surface area (Å²) in [6.07, 6.45) is 2.17. The molecule has 0 saturated heterocycles. The quantitative estimate of drug-likeness (QED) is 0.867. The van der Waals surface area contributed by atoms with E-state index in [0.29, 0.717) is 6.42 Å². The molecule has 1 aromatic carbocycles. The van der Waals surface area contributed by atoms with Gasteiger partial charge in [0.15, 0.2) is 0 Å². The summed E-state index contributed by atoms with van der Waals surface area (Å²) in [5, 5.41) is -0.346. The molecule has 18 heavy (non-hydrogen) atoms. The Bertz CT molecular complexity index is 425. The van der Waals surface area contributed by atoms with Crippen LogP contribution in [0.25, 0.3) is 0 Å². The SMILES string of the molecule is CCCC(N)C(CC)S(=O)c1cc(F)ccc1F. The zero-order valence-corrected chi connectivity index (χ0v) is 11.5. The Morgan fingerprint density at radius 1 is 1.33 bits per heavy atom. The number of halogens is 2. The van der Waals surface area contributed by atoms with Crippen molar-refractivity contribution >= 4 is 10.8 Å². The lowest BCUT2D eigenvalue weighted by Crippen LogP contribution is -2.37. The van der Waals surface area contributed by atoms with Crippen molar-refractivity contribution in [2.75, 3.05) is 0 Å². The van der Waals surface area contributed by atoms with E-state index in [9.17, 15) is 13.0 Å². The third kappa shape index (κ3) is 3.59. The number of hydrogen-bond acceptors (Lipinski definition) is 2. The maximum absolute atomic E-state index is 13.6. The highest BCUT2D eigenvalue weighted by Crippen LogP contribution is 2.21. The molecule has 0 aliphatic carbocycles. The zero-order chi connectivity index (χ0) is 13.7. The molecule has 0 amide bonds. The summed E-state index contributed by atoms with van der Waals surface area (Å²) in [7, 11) is -1.61. The Kier molecular flexibility index (Phi) is 5.88. The summed E-state index contributed by atoms with van der Waals surface area (Å²) in [6, 6.07) is 2.75. The highest BCUT2D eigenvalue weighted by atomic mass is 32.2. The molecule has 0 aromatic heterocycles. The molecule has 0 bridgehead atoms. The predicted molar refractivity (Wildman–Crippen MR) is 69.7 cm³/mol. The Hall–Kier alpha value is -0.810. The average molecular weight is 275 g/mol. The molecule has 2 nitrogen and oxygen atoms in total. The van der Waals surface area contributed by atoms with Gasteiger partial charge in [0.1, 0.15) is 11.6 Å². The maximum atomic E-state index is 13.6. The van der Waals surface area contributed by atoms with Crippen LogP contribution < -0.4 is 5.73 Å². The first-order valence-corrected chi connectivity index (χ1v) is 7.33. The van der Waals surface area contributed by atoms with Gasteiger partial charge < -0.3 is 5.73 Å². The van der Waals surface area contributed by atoms with E-state index < -0.39 is 22.4 Å². The summed E-state index contributed by atoms with van der Waals surface area (Å²) < 4.78 is 38.9. The van der Waals surface area contributed by atoms with Crippen LogP contribution in [0, 0.1) is 11.6 Å². The smallest absolute Gasteiger partial charge is 0.139 e. The van der Waals surface area contributed by atoms with Crippen LogP contribution in [0.1, 0.15) is 33.1 Å². The third-order valence-corrected chi connectivity index (χ3v) is 4.87. The van der Waals surface area contributed by atoms with Crippen LogP contribution in [0.5, 0.6) is 0 Å². The van der Waals surface area contributed by atoms with Gasteiger partial charge >= 0.3 is 0 Å². The van der Waals surface area contributed by atoms with E-state index in [2.05, 4.69) is 0 Å². The van der Waals surface area contributed by atoms with Crippen molar-refractivity contribution in [3.63, 3.8) is 0 Å². The first-order chi connectivity index (χ1) is 8.51. The second kappa shape index (κ2) is 6.95. The molecule has 3 unspecified atom stereocenters. The van der Waals surface area contributed by atoms with E-state index in [0.717, 1.165) is 31.0 Å².